The summed E-state index contributed by atoms with van der Waals surface area (Å²) in [5, 5.41) is 7.76. The Bertz CT molecular complexity index is 259. The monoisotopic (exact) mass is 179 g/mol. The van der Waals surface area contributed by atoms with E-state index in [1.165, 1.54) is 31.2 Å². The minimum absolute atomic E-state index is 0.538. The van der Waals surface area contributed by atoms with Gasteiger partial charge in [-0.2, -0.15) is 5.10 Å². The van der Waals surface area contributed by atoms with E-state index in [2.05, 4.69) is 16.6 Å². The van der Waals surface area contributed by atoms with Gasteiger partial charge in [0.2, 0.25) is 0 Å². The third-order valence-electron chi connectivity index (χ3n) is 2.69. The van der Waals surface area contributed by atoms with Gasteiger partial charge < -0.3 is 5.32 Å². The van der Waals surface area contributed by atoms with Crippen molar-refractivity contribution >= 4 is 0 Å². The lowest BCUT2D eigenvalue weighted by molar-refractivity contribution is 0.534. The highest BCUT2D eigenvalue weighted by molar-refractivity contribution is 5.10. The van der Waals surface area contributed by atoms with Crippen LogP contribution in [0.1, 0.15) is 37.3 Å². The van der Waals surface area contributed by atoms with Crippen molar-refractivity contribution in [1.29, 1.82) is 0 Å². The summed E-state index contributed by atoms with van der Waals surface area (Å²) in [7, 11) is 1.97. The van der Waals surface area contributed by atoms with Gasteiger partial charge in [0.1, 0.15) is 0 Å². The second kappa shape index (κ2) is 3.92. The number of nitrogens with one attached hydrogen (secondary N) is 1. The van der Waals surface area contributed by atoms with Crippen LogP contribution in [0.2, 0.25) is 0 Å². The van der Waals surface area contributed by atoms with Crippen LogP contribution in [0.25, 0.3) is 0 Å². The fraction of sp³-hybridized carbons (Fsp3) is 0.700. The molecule has 72 valence electrons. The Labute approximate surface area is 79.1 Å². The van der Waals surface area contributed by atoms with Gasteiger partial charge in [0.25, 0.3) is 0 Å². The summed E-state index contributed by atoms with van der Waals surface area (Å²) in [6.07, 6.45) is 9.37. The predicted octanol–water partition coefficient (Wildman–Crippen LogP) is 1.62. The molecule has 1 saturated heterocycles. The summed E-state index contributed by atoms with van der Waals surface area (Å²) in [5.74, 6) is 0. The molecule has 1 atom stereocenters. The van der Waals surface area contributed by atoms with Crippen LogP contribution in [0.3, 0.4) is 0 Å². The zero-order valence-corrected chi connectivity index (χ0v) is 8.16. The van der Waals surface area contributed by atoms with E-state index in [9.17, 15) is 0 Å². The average molecular weight is 179 g/mol. The number of nitrogens with zero attached hydrogens (tertiary/aromatic N) is 2. The van der Waals surface area contributed by atoms with Crippen molar-refractivity contribution in [3.05, 3.63) is 18.0 Å². The van der Waals surface area contributed by atoms with Gasteiger partial charge in [-0.3, -0.25) is 4.68 Å². The number of aryl methyl sites for hydroxylation is 1. The van der Waals surface area contributed by atoms with E-state index in [1.807, 2.05) is 17.9 Å². The quantitative estimate of drug-likeness (QED) is 0.710. The van der Waals surface area contributed by atoms with E-state index < -0.39 is 0 Å². The third-order valence-corrected chi connectivity index (χ3v) is 2.69. The Morgan fingerprint density at radius 2 is 2.38 bits per heavy atom. The lowest BCUT2D eigenvalue weighted by Crippen LogP contribution is -2.19. The molecule has 0 aromatic carbocycles. The van der Waals surface area contributed by atoms with Gasteiger partial charge in [-0.15, -0.1) is 0 Å². The van der Waals surface area contributed by atoms with E-state index >= 15 is 0 Å². The molecule has 3 nitrogen and oxygen atoms in total. The summed E-state index contributed by atoms with van der Waals surface area (Å²) in [6, 6.07) is 0.538. The summed E-state index contributed by atoms with van der Waals surface area (Å²) >= 11 is 0. The van der Waals surface area contributed by atoms with Gasteiger partial charge in [0.05, 0.1) is 6.20 Å². The maximum absolute atomic E-state index is 4.20. The molecule has 0 spiro atoms. The Morgan fingerprint density at radius 1 is 1.46 bits per heavy atom. The van der Waals surface area contributed by atoms with Gasteiger partial charge in [0.15, 0.2) is 0 Å². The number of rotatable bonds is 1. The Hall–Kier alpha value is -0.830. The molecule has 1 aromatic heterocycles. The molecular formula is C10H17N3. The third kappa shape index (κ3) is 2.10. The van der Waals surface area contributed by atoms with E-state index in [4.69, 9.17) is 0 Å². The van der Waals surface area contributed by atoms with Crippen molar-refractivity contribution in [2.75, 3.05) is 6.54 Å². The van der Waals surface area contributed by atoms with Crippen molar-refractivity contribution in [2.24, 2.45) is 7.05 Å². The highest BCUT2D eigenvalue weighted by Gasteiger charge is 2.14. The van der Waals surface area contributed by atoms with Gasteiger partial charge in [-0.05, 0) is 19.4 Å². The minimum Gasteiger partial charge on any atom is -0.310 e. The largest absolute Gasteiger partial charge is 0.310 e. The van der Waals surface area contributed by atoms with E-state index in [0.29, 0.717) is 6.04 Å². The second-order valence-electron chi connectivity index (χ2n) is 3.80. The molecule has 2 heterocycles. The normalized spacial score (nSPS) is 24.2. The first-order chi connectivity index (χ1) is 6.36. The Morgan fingerprint density at radius 3 is 3.15 bits per heavy atom. The van der Waals surface area contributed by atoms with Crippen molar-refractivity contribution in [1.82, 2.24) is 15.1 Å². The molecule has 0 bridgehead atoms. The molecular weight excluding hydrogens is 162 g/mol. The maximum atomic E-state index is 4.20. The molecule has 0 unspecified atom stereocenters. The van der Waals surface area contributed by atoms with Crippen LogP contribution in [-0.2, 0) is 7.05 Å². The van der Waals surface area contributed by atoms with Crippen LogP contribution in [0.5, 0.6) is 0 Å². The molecule has 1 aliphatic heterocycles. The topological polar surface area (TPSA) is 29.9 Å². The van der Waals surface area contributed by atoms with Gasteiger partial charge >= 0.3 is 0 Å². The number of aromatic nitrogens is 2. The summed E-state index contributed by atoms with van der Waals surface area (Å²) in [5.41, 5.74) is 1.34. The molecule has 0 aliphatic carbocycles. The standard InChI is InChI=1S/C10H17N3/c1-13-8-9(7-12-13)10-5-3-2-4-6-11-10/h7-8,10-11H,2-6H2,1H3/t10-/m1/s1. The van der Waals surface area contributed by atoms with Crippen LogP contribution in [0, 0.1) is 0 Å². The summed E-state index contributed by atoms with van der Waals surface area (Å²) in [6.45, 7) is 1.15. The molecule has 0 radical (unpaired) electrons. The molecule has 2 rings (SSSR count). The van der Waals surface area contributed by atoms with Crippen molar-refractivity contribution in [3.63, 3.8) is 0 Å². The lowest BCUT2D eigenvalue weighted by Gasteiger charge is -2.12. The van der Waals surface area contributed by atoms with E-state index in [0.717, 1.165) is 6.54 Å². The lowest BCUT2D eigenvalue weighted by atomic mass is 10.1. The molecule has 1 N–H and O–H groups in total. The summed E-state index contributed by atoms with van der Waals surface area (Å²) < 4.78 is 1.88. The summed E-state index contributed by atoms with van der Waals surface area (Å²) in [4.78, 5) is 0. The van der Waals surface area contributed by atoms with Crippen LogP contribution in [-0.4, -0.2) is 16.3 Å². The van der Waals surface area contributed by atoms with Crippen LogP contribution in [0.4, 0.5) is 0 Å². The van der Waals surface area contributed by atoms with Gasteiger partial charge in [0, 0.05) is 24.8 Å². The molecule has 1 aliphatic rings. The molecule has 1 aromatic rings. The Kier molecular flexibility index (Phi) is 2.64. The average Bonchev–Trinajstić information content (AvgIpc) is 2.43. The van der Waals surface area contributed by atoms with Crippen LogP contribution in [0.15, 0.2) is 12.4 Å². The molecule has 0 saturated carbocycles. The predicted molar refractivity (Wildman–Crippen MR) is 52.4 cm³/mol. The van der Waals surface area contributed by atoms with E-state index in [1.54, 1.807) is 0 Å². The highest BCUT2D eigenvalue weighted by atomic mass is 15.2. The minimum atomic E-state index is 0.538. The maximum Gasteiger partial charge on any atom is 0.0537 e. The number of hydrogen-bond acceptors (Lipinski definition) is 2. The Balaban J connectivity index is 2.06. The van der Waals surface area contributed by atoms with Crippen LogP contribution < -0.4 is 5.32 Å². The van der Waals surface area contributed by atoms with Crippen molar-refractivity contribution in [3.8, 4) is 0 Å². The first-order valence-corrected chi connectivity index (χ1v) is 5.08. The first kappa shape index (κ1) is 8.75. The zero-order valence-electron chi connectivity index (χ0n) is 8.16. The molecule has 13 heavy (non-hydrogen) atoms. The van der Waals surface area contributed by atoms with Crippen molar-refractivity contribution < 1.29 is 0 Å². The highest BCUT2D eigenvalue weighted by Crippen LogP contribution is 2.21. The van der Waals surface area contributed by atoms with Crippen LogP contribution >= 0.6 is 0 Å². The fourth-order valence-corrected chi connectivity index (χ4v) is 1.93. The molecule has 0 amide bonds. The van der Waals surface area contributed by atoms with Crippen molar-refractivity contribution in [2.45, 2.75) is 31.7 Å². The fourth-order valence-electron chi connectivity index (χ4n) is 1.93. The smallest absolute Gasteiger partial charge is 0.0537 e. The molecule has 3 heteroatoms. The molecule has 1 fully saturated rings. The van der Waals surface area contributed by atoms with E-state index in [-0.39, 0.29) is 0 Å². The second-order valence-corrected chi connectivity index (χ2v) is 3.80. The zero-order chi connectivity index (χ0) is 9.10. The number of hydrogen-bond donors (Lipinski definition) is 1. The van der Waals surface area contributed by atoms with Gasteiger partial charge in [-0.1, -0.05) is 12.8 Å². The van der Waals surface area contributed by atoms with Gasteiger partial charge in [-0.25, -0.2) is 0 Å². The SMILES string of the molecule is Cn1cc([C@H]2CCCCCN2)cn1. The first-order valence-electron chi connectivity index (χ1n) is 5.08.